The summed E-state index contributed by atoms with van der Waals surface area (Å²) in [5.74, 6) is 1.91. The zero-order valence-electron chi connectivity index (χ0n) is 10.3. The van der Waals surface area contributed by atoms with E-state index in [0.29, 0.717) is 12.5 Å². The highest BCUT2D eigenvalue weighted by Gasteiger charge is 2.38. The van der Waals surface area contributed by atoms with E-state index in [0.717, 1.165) is 35.2 Å². The van der Waals surface area contributed by atoms with Crippen LogP contribution in [0.2, 0.25) is 0 Å². The molecule has 3 nitrogen and oxygen atoms in total. The van der Waals surface area contributed by atoms with Gasteiger partial charge in [-0.05, 0) is 30.0 Å². The van der Waals surface area contributed by atoms with Crippen molar-refractivity contribution in [3.63, 3.8) is 0 Å². The Morgan fingerprint density at radius 3 is 3.06 bits per heavy atom. The molecule has 0 bridgehead atoms. The molecule has 2 aliphatic rings. The molecule has 1 heterocycles. The minimum absolute atomic E-state index is 0.175. The fraction of sp³-hybridized carbons (Fsp3) is 0.500. The molecule has 1 N–H and O–H groups in total. The highest BCUT2D eigenvalue weighted by Crippen LogP contribution is 2.38. The van der Waals surface area contributed by atoms with Crippen LogP contribution in [0.5, 0.6) is 5.75 Å². The number of amides is 1. The Hall–Kier alpha value is -1.03. The number of hydrogen-bond acceptors (Lipinski definition) is 2. The predicted molar refractivity (Wildman–Crippen MR) is 72.5 cm³/mol. The number of nitrogens with one attached hydrogen (secondary N) is 1. The second-order valence-corrected chi connectivity index (χ2v) is 6.10. The van der Waals surface area contributed by atoms with E-state index < -0.39 is 0 Å². The SMILES string of the molecule is CC1CC1C(=O)NCc1cc(Br)cc2c1OCC2. The summed E-state index contributed by atoms with van der Waals surface area (Å²) in [6.07, 6.45) is 1.98. The van der Waals surface area contributed by atoms with Gasteiger partial charge in [0, 0.05) is 28.9 Å². The van der Waals surface area contributed by atoms with Gasteiger partial charge in [-0.3, -0.25) is 4.79 Å². The molecule has 0 spiro atoms. The summed E-state index contributed by atoms with van der Waals surface area (Å²) in [5, 5.41) is 3.01. The predicted octanol–water partition coefficient (Wildman–Crippen LogP) is 2.66. The lowest BCUT2D eigenvalue weighted by Crippen LogP contribution is -2.25. The molecule has 1 saturated carbocycles. The highest BCUT2D eigenvalue weighted by molar-refractivity contribution is 9.10. The van der Waals surface area contributed by atoms with Gasteiger partial charge < -0.3 is 10.1 Å². The highest BCUT2D eigenvalue weighted by atomic mass is 79.9. The molecule has 2 atom stereocenters. The lowest BCUT2D eigenvalue weighted by atomic mass is 10.1. The largest absolute Gasteiger partial charge is 0.493 e. The summed E-state index contributed by atoms with van der Waals surface area (Å²) in [4.78, 5) is 11.8. The maximum Gasteiger partial charge on any atom is 0.223 e. The minimum atomic E-state index is 0.175. The molecule has 96 valence electrons. The first-order chi connectivity index (χ1) is 8.65. The van der Waals surface area contributed by atoms with Gasteiger partial charge in [-0.1, -0.05) is 22.9 Å². The Labute approximate surface area is 115 Å². The molecule has 0 aromatic heterocycles. The standard InChI is InChI=1S/C14H16BrNO2/c1-8-4-12(8)14(17)16-7-10-6-11(15)5-9-2-3-18-13(9)10/h5-6,8,12H,2-4,7H2,1H3,(H,16,17). The quantitative estimate of drug-likeness (QED) is 0.932. The number of hydrogen-bond donors (Lipinski definition) is 1. The topological polar surface area (TPSA) is 38.3 Å². The third-order valence-electron chi connectivity index (χ3n) is 3.72. The normalized spacial score (nSPS) is 24.3. The van der Waals surface area contributed by atoms with Crippen molar-refractivity contribution in [1.82, 2.24) is 5.32 Å². The van der Waals surface area contributed by atoms with Gasteiger partial charge in [-0.15, -0.1) is 0 Å². The van der Waals surface area contributed by atoms with Crippen molar-refractivity contribution in [2.24, 2.45) is 11.8 Å². The molecule has 1 aromatic carbocycles. The number of benzene rings is 1. The first kappa shape index (κ1) is 12.0. The Kier molecular flexibility index (Phi) is 3.06. The smallest absolute Gasteiger partial charge is 0.223 e. The molecule has 1 aromatic rings. The van der Waals surface area contributed by atoms with Gasteiger partial charge in [-0.2, -0.15) is 0 Å². The molecule has 1 amide bonds. The molecule has 1 aliphatic heterocycles. The van der Waals surface area contributed by atoms with E-state index in [1.165, 1.54) is 5.56 Å². The van der Waals surface area contributed by atoms with E-state index >= 15 is 0 Å². The van der Waals surface area contributed by atoms with Crippen LogP contribution in [0, 0.1) is 11.8 Å². The molecule has 1 fully saturated rings. The Bertz CT molecular complexity index is 501. The van der Waals surface area contributed by atoms with Crippen molar-refractivity contribution in [1.29, 1.82) is 0 Å². The van der Waals surface area contributed by atoms with Gasteiger partial charge in [0.25, 0.3) is 0 Å². The van der Waals surface area contributed by atoms with Crippen LogP contribution in [-0.2, 0) is 17.8 Å². The van der Waals surface area contributed by atoms with Gasteiger partial charge in [0.2, 0.25) is 5.91 Å². The Morgan fingerprint density at radius 2 is 2.33 bits per heavy atom. The minimum Gasteiger partial charge on any atom is -0.493 e. The van der Waals surface area contributed by atoms with Gasteiger partial charge >= 0.3 is 0 Å². The van der Waals surface area contributed by atoms with Gasteiger partial charge in [-0.25, -0.2) is 0 Å². The molecule has 18 heavy (non-hydrogen) atoms. The maximum atomic E-state index is 11.8. The zero-order valence-corrected chi connectivity index (χ0v) is 11.9. The molecule has 0 radical (unpaired) electrons. The van der Waals surface area contributed by atoms with Crippen molar-refractivity contribution >= 4 is 21.8 Å². The number of ether oxygens (including phenoxy) is 1. The van der Waals surface area contributed by atoms with E-state index in [4.69, 9.17) is 4.74 Å². The van der Waals surface area contributed by atoms with E-state index in [9.17, 15) is 4.79 Å². The molecule has 3 rings (SSSR count). The van der Waals surface area contributed by atoms with Crippen LogP contribution in [0.1, 0.15) is 24.5 Å². The summed E-state index contributed by atoms with van der Waals surface area (Å²) in [6.45, 7) is 3.42. The molecule has 0 saturated heterocycles. The lowest BCUT2D eigenvalue weighted by molar-refractivity contribution is -0.122. The Morgan fingerprint density at radius 1 is 1.56 bits per heavy atom. The summed E-state index contributed by atoms with van der Waals surface area (Å²) in [7, 11) is 0. The first-order valence-corrected chi connectivity index (χ1v) is 7.16. The van der Waals surface area contributed by atoms with Crippen molar-refractivity contribution in [3.05, 3.63) is 27.7 Å². The number of carbonyl (C=O) groups is 1. The third kappa shape index (κ3) is 2.26. The van der Waals surface area contributed by atoms with Gasteiger partial charge in [0.1, 0.15) is 5.75 Å². The maximum absolute atomic E-state index is 11.8. The van der Waals surface area contributed by atoms with Crippen molar-refractivity contribution in [2.45, 2.75) is 26.3 Å². The van der Waals surface area contributed by atoms with Crippen LogP contribution in [0.3, 0.4) is 0 Å². The van der Waals surface area contributed by atoms with Crippen LogP contribution in [-0.4, -0.2) is 12.5 Å². The van der Waals surface area contributed by atoms with Crippen molar-refractivity contribution < 1.29 is 9.53 Å². The van der Waals surface area contributed by atoms with Gasteiger partial charge in [0.15, 0.2) is 0 Å². The second-order valence-electron chi connectivity index (χ2n) is 5.19. The average molecular weight is 310 g/mol. The second kappa shape index (κ2) is 4.57. The fourth-order valence-electron chi connectivity index (χ4n) is 2.48. The van der Waals surface area contributed by atoms with E-state index in [-0.39, 0.29) is 11.8 Å². The van der Waals surface area contributed by atoms with Crippen molar-refractivity contribution in [3.8, 4) is 5.75 Å². The zero-order chi connectivity index (χ0) is 12.7. The lowest BCUT2D eigenvalue weighted by Gasteiger charge is -2.10. The van der Waals surface area contributed by atoms with E-state index in [1.54, 1.807) is 0 Å². The number of fused-ring (bicyclic) bond motifs is 1. The average Bonchev–Trinajstić information content (AvgIpc) is 2.88. The number of rotatable bonds is 3. The number of carbonyl (C=O) groups excluding carboxylic acids is 1. The first-order valence-electron chi connectivity index (χ1n) is 6.37. The fourth-order valence-corrected chi connectivity index (χ4v) is 3.03. The van der Waals surface area contributed by atoms with Crippen LogP contribution in [0.15, 0.2) is 16.6 Å². The molecule has 1 aliphatic carbocycles. The summed E-state index contributed by atoms with van der Waals surface area (Å²) < 4.78 is 6.69. The molecular formula is C14H16BrNO2. The molecule has 4 heteroatoms. The van der Waals surface area contributed by atoms with Crippen molar-refractivity contribution in [2.75, 3.05) is 6.61 Å². The van der Waals surface area contributed by atoms with Crippen LogP contribution in [0.25, 0.3) is 0 Å². The van der Waals surface area contributed by atoms with Gasteiger partial charge in [0.05, 0.1) is 6.61 Å². The third-order valence-corrected chi connectivity index (χ3v) is 4.18. The molecule has 2 unspecified atom stereocenters. The van der Waals surface area contributed by atoms with E-state index in [2.05, 4.69) is 34.2 Å². The monoisotopic (exact) mass is 309 g/mol. The summed E-state index contributed by atoms with van der Waals surface area (Å²) in [6, 6.07) is 4.12. The summed E-state index contributed by atoms with van der Waals surface area (Å²) >= 11 is 3.51. The molecular weight excluding hydrogens is 294 g/mol. The van der Waals surface area contributed by atoms with Crippen LogP contribution in [0.4, 0.5) is 0 Å². The van der Waals surface area contributed by atoms with Crippen LogP contribution < -0.4 is 10.1 Å². The van der Waals surface area contributed by atoms with Crippen LogP contribution >= 0.6 is 15.9 Å². The van der Waals surface area contributed by atoms with E-state index in [1.807, 2.05) is 6.07 Å². The number of halogens is 1. The Balaban J connectivity index is 1.71. The summed E-state index contributed by atoms with van der Waals surface area (Å²) in [5.41, 5.74) is 2.30.